The molecule has 0 radical (unpaired) electrons. The summed E-state index contributed by atoms with van der Waals surface area (Å²) in [6.07, 6.45) is 1.56. The number of nitrogens with one attached hydrogen (secondary N) is 1. The predicted octanol–water partition coefficient (Wildman–Crippen LogP) is 4.58. The summed E-state index contributed by atoms with van der Waals surface area (Å²) in [5, 5.41) is 3.88. The zero-order valence-electron chi connectivity index (χ0n) is 16.7. The molecule has 7 heteroatoms. The number of hydrogen-bond acceptors (Lipinski definition) is 4. The molecule has 1 fully saturated rings. The molecule has 156 valence electrons. The summed E-state index contributed by atoms with van der Waals surface area (Å²) >= 11 is 1.39. The molecule has 30 heavy (non-hydrogen) atoms. The average Bonchev–Trinajstić information content (AvgIpc) is 3.35. The van der Waals surface area contributed by atoms with E-state index < -0.39 is 0 Å². The van der Waals surface area contributed by atoms with E-state index in [1.807, 2.05) is 6.92 Å². The number of benzene rings is 2. The number of hydrogen-bond donors (Lipinski definition) is 1. The van der Waals surface area contributed by atoms with Gasteiger partial charge in [0.05, 0.1) is 10.7 Å². The van der Waals surface area contributed by atoms with Gasteiger partial charge in [0, 0.05) is 31.7 Å². The summed E-state index contributed by atoms with van der Waals surface area (Å²) in [4.78, 5) is 20.0. The van der Waals surface area contributed by atoms with Gasteiger partial charge >= 0.3 is 0 Å². The molecule has 1 aliphatic rings. The van der Waals surface area contributed by atoms with E-state index in [0.29, 0.717) is 29.5 Å². The van der Waals surface area contributed by atoms with Gasteiger partial charge in [-0.1, -0.05) is 12.1 Å². The first-order valence-electron chi connectivity index (χ1n) is 9.97. The third-order valence-electron chi connectivity index (χ3n) is 5.34. The monoisotopic (exact) mass is 427 g/mol. The number of anilines is 1. The van der Waals surface area contributed by atoms with Crippen molar-refractivity contribution in [3.63, 3.8) is 0 Å². The molecule has 0 bridgehead atoms. The number of thiazole rings is 1. The fourth-order valence-corrected chi connectivity index (χ4v) is 4.73. The molecule has 1 aliphatic heterocycles. The summed E-state index contributed by atoms with van der Waals surface area (Å²) in [7, 11) is 0. The van der Waals surface area contributed by atoms with Crippen LogP contribution in [0.5, 0.6) is 0 Å². The van der Waals surface area contributed by atoms with E-state index in [4.69, 9.17) is 0 Å². The van der Waals surface area contributed by atoms with Gasteiger partial charge in [-0.25, -0.2) is 13.8 Å². The van der Waals surface area contributed by atoms with Crippen LogP contribution in [0.3, 0.4) is 0 Å². The van der Waals surface area contributed by atoms with Gasteiger partial charge in [-0.05, 0) is 61.2 Å². The van der Waals surface area contributed by atoms with Gasteiger partial charge in [-0.15, -0.1) is 11.3 Å². The summed E-state index contributed by atoms with van der Waals surface area (Å²) in [5.41, 5.74) is 2.69. The maximum atomic E-state index is 13.1. The van der Waals surface area contributed by atoms with Crippen molar-refractivity contribution in [2.75, 3.05) is 24.5 Å². The Morgan fingerprint density at radius 2 is 1.80 bits per heavy atom. The van der Waals surface area contributed by atoms with E-state index in [9.17, 15) is 13.6 Å². The van der Waals surface area contributed by atoms with Crippen LogP contribution in [0, 0.1) is 24.5 Å². The third-order valence-corrected chi connectivity index (χ3v) is 6.50. The van der Waals surface area contributed by atoms with Crippen molar-refractivity contribution < 1.29 is 13.6 Å². The average molecular weight is 428 g/mol. The van der Waals surface area contributed by atoms with Crippen LogP contribution in [0.2, 0.25) is 0 Å². The normalized spacial score (nSPS) is 16.1. The molecule has 0 spiro atoms. The van der Waals surface area contributed by atoms with Crippen molar-refractivity contribution in [1.29, 1.82) is 0 Å². The van der Waals surface area contributed by atoms with E-state index in [1.165, 1.54) is 35.6 Å². The topological polar surface area (TPSA) is 45.2 Å². The molecule has 4 rings (SSSR count). The maximum absolute atomic E-state index is 13.1. The standard InChI is InChI=1S/C23H23F2N3OS/c1-15-22(30-21(27-15)12-16-2-4-18(24)5-3-16)23(29)26-13-17-10-11-28(14-17)20-8-6-19(25)7-9-20/h2-9,17H,10-14H2,1H3,(H,26,29). The van der Waals surface area contributed by atoms with Crippen LogP contribution in [0.25, 0.3) is 0 Å². The van der Waals surface area contributed by atoms with Crippen LogP contribution >= 0.6 is 11.3 Å². The largest absolute Gasteiger partial charge is 0.371 e. The number of carbonyl (C=O) groups is 1. The lowest BCUT2D eigenvalue weighted by Gasteiger charge is -2.18. The molecular weight excluding hydrogens is 404 g/mol. The van der Waals surface area contributed by atoms with E-state index in [2.05, 4.69) is 15.2 Å². The van der Waals surface area contributed by atoms with Crippen LogP contribution < -0.4 is 10.2 Å². The predicted molar refractivity (Wildman–Crippen MR) is 115 cm³/mol. The van der Waals surface area contributed by atoms with Crippen molar-refractivity contribution in [3.05, 3.63) is 81.3 Å². The van der Waals surface area contributed by atoms with E-state index in [1.54, 1.807) is 24.3 Å². The Labute approximate surface area is 178 Å². The number of nitrogens with zero attached hydrogens (tertiary/aromatic N) is 2. The van der Waals surface area contributed by atoms with Crippen molar-refractivity contribution in [1.82, 2.24) is 10.3 Å². The van der Waals surface area contributed by atoms with Gasteiger partial charge in [-0.2, -0.15) is 0 Å². The second-order valence-electron chi connectivity index (χ2n) is 7.61. The Bertz CT molecular complexity index is 1020. The molecule has 3 aromatic rings. The zero-order valence-corrected chi connectivity index (χ0v) is 17.5. The summed E-state index contributed by atoms with van der Waals surface area (Å²) in [6, 6.07) is 12.9. The van der Waals surface area contributed by atoms with Gasteiger partial charge in [0.25, 0.3) is 5.91 Å². The number of halogens is 2. The van der Waals surface area contributed by atoms with E-state index >= 15 is 0 Å². The Morgan fingerprint density at radius 3 is 2.50 bits per heavy atom. The summed E-state index contributed by atoms with van der Waals surface area (Å²) in [6.45, 7) is 4.17. The minimum Gasteiger partial charge on any atom is -0.371 e. The molecule has 1 saturated heterocycles. The highest BCUT2D eigenvalue weighted by atomic mass is 32.1. The summed E-state index contributed by atoms with van der Waals surface area (Å²) < 4.78 is 26.2. The molecule has 1 amide bonds. The zero-order chi connectivity index (χ0) is 21.1. The number of amides is 1. The molecule has 1 aromatic heterocycles. The van der Waals surface area contributed by atoms with Crippen molar-refractivity contribution in [3.8, 4) is 0 Å². The van der Waals surface area contributed by atoms with Gasteiger partial charge in [0.2, 0.25) is 0 Å². The van der Waals surface area contributed by atoms with Gasteiger partial charge in [0.1, 0.15) is 16.5 Å². The first-order chi connectivity index (χ1) is 14.5. The highest BCUT2D eigenvalue weighted by molar-refractivity contribution is 7.13. The molecule has 1 N–H and O–H groups in total. The van der Waals surface area contributed by atoms with Gasteiger partial charge in [-0.3, -0.25) is 4.79 Å². The maximum Gasteiger partial charge on any atom is 0.263 e. The van der Waals surface area contributed by atoms with Crippen molar-refractivity contribution in [2.45, 2.75) is 19.8 Å². The van der Waals surface area contributed by atoms with Crippen LogP contribution in [-0.2, 0) is 6.42 Å². The van der Waals surface area contributed by atoms with Crippen LogP contribution in [0.1, 0.15) is 32.4 Å². The number of carbonyl (C=O) groups excluding carboxylic acids is 1. The number of rotatable bonds is 6. The SMILES string of the molecule is Cc1nc(Cc2ccc(F)cc2)sc1C(=O)NCC1CCN(c2ccc(F)cc2)C1. The fourth-order valence-electron chi connectivity index (χ4n) is 3.72. The third kappa shape index (κ3) is 4.84. The van der Waals surface area contributed by atoms with Crippen molar-refractivity contribution in [2.24, 2.45) is 5.92 Å². The molecule has 2 heterocycles. The van der Waals surface area contributed by atoms with E-state index in [-0.39, 0.29) is 17.5 Å². The fraction of sp³-hybridized carbons (Fsp3) is 0.304. The lowest BCUT2D eigenvalue weighted by atomic mass is 10.1. The molecule has 0 aliphatic carbocycles. The molecule has 1 atom stereocenters. The van der Waals surface area contributed by atoms with Crippen LogP contribution in [0.4, 0.5) is 14.5 Å². The molecular formula is C23H23F2N3OS. The van der Waals surface area contributed by atoms with Crippen LogP contribution in [0.15, 0.2) is 48.5 Å². The number of aryl methyl sites for hydroxylation is 1. The second-order valence-corrected chi connectivity index (χ2v) is 8.70. The highest BCUT2D eigenvalue weighted by Crippen LogP contribution is 2.24. The first-order valence-corrected chi connectivity index (χ1v) is 10.8. The Kier molecular flexibility index (Phi) is 6.08. The van der Waals surface area contributed by atoms with Gasteiger partial charge < -0.3 is 10.2 Å². The van der Waals surface area contributed by atoms with Crippen molar-refractivity contribution >= 4 is 22.9 Å². The Morgan fingerprint density at radius 1 is 1.13 bits per heavy atom. The second kappa shape index (κ2) is 8.92. The number of aromatic nitrogens is 1. The highest BCUT2D eigenvalue weighted by Gasteiger charge is 2.24. The van der Waals surface area contributed by atoms with Crippen LogP contribution in [-0.4, -0.2) is 30.5 Å². The quantitative estimate of drug-likeness (QED) is 0.627. The minimum absolute atomic E-state index is 0.101. The molecule has 0 saturated carbocycles. The van der Waals surface area contributed by atoms with Gasteiger partial charge in [0.15, 0.2) is 0 Å². The summed E-state index contributed by atoms with van der Waals surface area (Å²) in [5.74, 6) is -0.249. The van der Waals surface area contributed by atoms with E-state index in [0.717, 1.165) is 35.8 Å². The molecule has 1 unspecified atom stereocenters. The lowest BCUT2D eigenvalue weighted by Crippen LogP contribution is -2.30. The Hall–Kier alpha value is -2.80. The lowest BCUT2D eigenvalue weighted by molar-refractivity contribution is 0.0951. The first kappa shape index (κ1) is 20.5. The molecule has 4 nitrogen and oxygen atoms in total. The minimum atomic E-state index is -0.265. The Balaban J connectivity index is 1.31. The molecule has 2 aromatic carbocycles. The smallest absolute Gasteiger partial charge is 0.263 e.